The Morgan fingerprint density at radius 3 is 2.40 bits per heavy atom. The molecule has 3 nitrogen and oxygen atoms in total. The number of rotatable bonds is 10. The average molecular weight is 276 g/mol. The Hall–Kier alpha value is -1.38. The number of carbonyl (C=O) groups excluding carboxylic acids is 1. The van der Waals surface area contributed by atoms with E-state index in [2.05, 4.69) is 17.2 Å². The van der Waals surface area contributed by atoms with E-state index in [-0.39, 0.29) is 5.91 Å². The van der Waals surface area contributed by atoms with Crippen molar-refractivity contribution in [2.75, 3.05) is 5.32 Å². The summed E-state index contributed by atoms with van der Waals surface area (Å²) in [5.74, 6) is 0.739. The Labute approximate surface area is 123 Å². The van der Waals surface area contributed by atoms with Crippen molar-refractivity contribution in [3.63, 3.8) is 0 Å². The highest BCUT2D eigenvalue weighted by Crippen LogP contribution is 2.11. The lowest BCUT2D eigenvalue weighted by molar-refractivity contribution is -0.116. The summed E-state index contributed by atoms with van der Waals surface area (Å²) in [5, 5.41) is 2.85. The van der Waals surface area contributed by atoms with Crippen LogP contribution in [-0.2, 0) is 4.79 Å². The molecule has 0 spiro atoms. The Morgan fingerprint density at radius 2 is 1.75 bits per heavy atom. The molecule has 3 heteroatoms. The molecule has 0 radical (unpaired) electrons. The zero-order valence-corrected chi connectivity index (χ0v) is 13.0. The standard InChI is InChI=1S/C17H28N2O/c1-3-4-5-6-7-8-9-10-11-17(20)19-16-14-15(2)12-13-18-16/h12-14H,3-11H2,1-2H3,(H,18,19,20). The van der Waals surface area contributed by atoms with Gasteiger partial charge in [0.1, 0.15) is 5.82 Å². The maximum atomic E-state index is 11.7. The summed E-state index contributed by atoms with van der Waals surface area (Å²) in [5.41, 5.74) is 1.11. The van der Waals surface area contributed by atoms with E-state index in [1.165, 1.54) is 38.5 Å². The second-order valence-electron chi connectivity index (χ2n) is 5.49. The van der Waals surface area contributed by atoms with Gasteiger partial charge in [-0.1, -0.05) is 51.9 Å². The number of carbonyl (C=O) groups is 1. The Bertz CT molecular complexity index is 390. The first-order valence-corrected chi connectivity index (χ1v) is 7.95. The normalized spacial score (nSPS) is 10.5. The van der Waals surface area contributed by atoms with E-state index in [0.717, 1.165) is 18.4 Å². The molecule has 1 N–H and O–H groups in total. The Balaban J connectivity index is 2.03. The topological polar surface area (TPSA) is 42.0 Å². The molecule has 1 aromatic heterocycles. The highest BCUT2D eigenvalue weighted by atomic mass is 16.1. The first kappa shape index (κ1) is 16.7. The number of nitrogens with zero attached hydrogens (tertiary/aromatic N) is 1. The number of nitrogens with one attached hydrogen (secondary N) is 1. The summed E-state index contributed by atoms with van der Waals surface area (Å²) < 4.78 is 0. The summed E-state index contributed by atoms with van der Waals surface area (Å²) in [6.45, 7) is 4.23. The number of hydrogen-bond acceptors (Lipinski definition) is 2. The van der Waals surface area contributed by atoms with Crippen LogP contribution >= 0.6 is 0 Å². The van der Waals surface area contributed by atoms with Gasteiger partial charge in [0.15, 0.2) is 0 Å². The summed E-state index contributed by atoms with van der Waals surface area (Å²) in [4.78, 5) is 15.9. The van der Waals surface area contributed by atoms with E-state index < -0.39 is 0 Å². The third-order valence-corrected chi connectivity index (χ3v) is 3.44. The molecule has 0 aliphatic heterocycles. The maximum absolute atomic E-state index is 11.7. The predicted molar refractivity (Wildman–Crippen MR) is 84.8 cm³/mol. The van der Waals surface area contributed by atoms with Crippen molar-refractivity contribution in [2.45, 2.75) is 71.6 Å². The van der Waals surface area contributed by atoms with Crippen molar-refractivity contribution in [3.05, 3.63) is 23.9 Å². The van der Waals surface area contributed by atoms with Gasteiger partial charge in [-0.3, -0.25) is 4.79 Å². The largest absolute Gasteiger partial charge is 0.311 e. The fourth-order valence-corrected chi connectivity index (χ4v) is 2.23. The van der Waals surface area contributed by atoms with Crippen molar-refractivity contribution >= 4 is 11.7 Å². The van der Waals surface area contributed by atoms with E-state index in [1.807, 2.05) is 19.1 Å². The lowest BCUT2D eigenvalue weighted by atomic mass is 10.1. The van der Waals surface area contributed by atoms with Crippen LogP contribution in [0.4, 0.5) is 5.82 Å². The molecular formula is C17H28N2O. The van der Waals surface area contributed by atoms with Crippen LogP contribution in [0.1, 0.15) is 70.3 Å². The minimum Gasteiger partial charge on any atom is -0.311 e. The lowest BCUT2D eigenvalue weighted by Gasteiger charge is -2.05. The zero-order chi connectivity index (χ0) is 14.6. The third-order valence-electron chi connectivity index (χ3n) is 3.44. The fourth-order valence-electron chi connectivity index (χ4n) is 2.23. The zero-order valence-electron chi connectivity index (χ0n) is 13.0. The van der Waals surface area contributed by atoms with Gasteiger partial charge >= 0.3 is 0 Å². The number of aryl methyl sites for hydroxylation is 1. The van der Waals surface area contributed by atoms with Crippen LogP contribution in [0.3, 0.4) is 0 Å². The van der Waals surface area contributed by atoms with Crippen LogP contribution in [0, 0.1) is 6.92 Å². The highest BCUT2D eigenvalue weighted by molar-refractivity contribution is 5.89. The van der Waals surface area contributed by atoms with Gasteiger partial charge < -0.3 is 5.32 Å². The molecule has 0 unspecified atom stereocenters. The Kier molecular flexibility index (Phi) is 8.68. The number of hydrogen-bond donors (Lipinski definition) is 1. The molecule has 0 aliphatic carbocycles. The summed E-state index contributed by atoms with van der Waals surface area (Å²) in [7, 11) is 0. The van der Waals surface area contributed by atoms with Gasteiger partial charge in [-0.25, -0.2) is 4.98 Å². The van der Waals surface area contributed by atoms with E-state index in [9.17, 15) is 4.79 Å². The predicted octanol–water partition coefficient (Wildman–Crippen LogP) is 4.86. The molecule has 0 fully saturated rings. The average Bonchev–Trinajstić information content (AvgIpc) is 2.42. The van der Waals surface area contributed by atoms with Gasteiger partial charge in [0, 0.05) is 12.6 Å². The van der Waals surface area contributed by atoms with Gasteiger partial charge in [-0.05, 0) is 31.0 Å². The smallest absolute Gasteiger partial charge is 0.225 e. The summed E-state index contributed by atoms with van der Waals surface area (Å²) in [6.07, 6.45) is 12.4. The molecule has 0 bridgehead atoms. The molecule has 0 saturated carbocycles. The lowest BCUT2D eigenvalue weighted by Crippen LogP contribution is -2.12. The van der Waals surface area contributed by atoms with Gasteiger partial charge in [0.05, 0.1) is 0 Å². The van der Waals surface area contributed by atoms with E-state index in [0.29, 0.717) is 12.2 Å². The van der Waals surface area contributed by atoms with Crippen molar-refractivity contribution < 1.29 is 4.79 Å². The van der Waals surface area contributed by atoms with E-state index >= 15 is 0 Å². The monoisotopic (exact) mass is 276 g/mol. The van der Waals surface area contributed by atoms with Gasteiger partial charge in [-0.2, -0.15) is 0 Å². The molecule has 0 atom stereocenters. The van der Waals surface area contributed by atoms with Crippen molar-refractivity contribution in [1.29, 1.82) is 0 Å². The van der Waals surface area contributed by atoms with Crippen LogP contribution in [0.15, 0.2) is 18.3 Å². The third kappa shape index (κ3) is 7.93. The Morgan fingerprint density at radius 1 is 1.10 bits per heavy atom. The maximum Gasteiger partial charge on any atom is 0.225 e. The minimum atomic E-state index is 0.0779. The van der Waals surface area contributed by atoms with Gasteiger partial charge in [-0.15, -0.1) is 0 Å². The SMILES string of the molecule is CCCCCCCCCCC(=O)Nc1cc(C)ccn1. The summed E-state index contributed by atoms with van der Waals surface area (Å²) in [6, 6.07) is 3.82. The summed E-state index contributed by atoms with van der Waals surface area (Å²) >= 11 is 0. The number of anilines is 1. The number of unbranched alkanes of at least 4 members (excludes halogenated alkanes) is 7. The van der Waals surface area contributed by atoms with Crippen LogP contribution in [0.25, 0.3) is 0 Å². The van der Waals surface area contributed by atoms with Crippen LogP contribution in [0.2, 0.25) is 0 Å². The number of aromatic nitrogens is 1. The second-order valence-corrected chi connectivity index (χ2v) is 5.49. The molecule has 1 amide bonds. The molecule has 112 valence electrons. The molecular weight excluding hydrogens is 248 g/mol. The molecule has 1 heterocycles. The van der Waals surface area contributed by atoms with Gasteiger partial charge in [0.25, 0.3) is 0 Å². The van der Waals surface area contributed by atoms with Crippen LogP contribution < -0.4 is 5.32 Å². The first-order chi connectivity index (χ1) is 9.72. The van der Waals surface area contributed by atoms with E-state index in [4.69, 9.17) is 0 Å². The molecule has 20 heavy (non-hydrogen) atoms. The van der Waals surface area contributed by atoms with Crippen LogP contribution in [0.5, 0.6) is 0 Å². The van der Waals surface area contributed by atoms with Crippen molar-refractivity contribution in [1.82, 2.24) is 4.98 Å². The molecule has 0 aliphatic rings. The highest BCUT2D eigenvalue weighted by Gasteiger charge is 2.03. The fraction of sp³-hybridized carbons (Fsp3) is 0.647. The molecule has 0 saturated heterocycles. The minimum absolute atomic E-state index is 0.0779. The van der Waals surface area contributed by atoms with Gasteiger partial charge in [0.2, 0.25) is 5.91 Å². The molecule has 1 rings (SSSR count). The number of amides is 1. The molecule has 0 aromatic carbocycles. The second kappa shape index (κ2) is 10.4. The molecule has 1 aromatic rings. The quantitative estimate of drug-likeness (QED) is 0.620. The van der Waals surface area contributed by atoms with E-state index in [1.54, 1.807) is 6.20 Å². The number of pyridine rings is 1. The van der Waals surface area contributed by atoms with Crippen molar-refractivity contribution in [2.24, 2.45) is 0 Å². The van der Waals surface area contributed by atoms with Crippen molar-refractivity contribution in [3.8, 4) is 0 Å². The van der Waals surface area contributed by atoms with Crippen LogP contribution in [-0.4, -0.2) is 10.9 Å². The first-order valence-electron chi connectivity index (χ1n) is 7.95.